The van der Waals surface area contributed by atoms with E-state index in [0.29, 0.717) is 0 Å². The molecule has 2 heterocycles. The Morgan fingerprint density at radius 3 is 2.41 bits per heavy atom. The Morgan fingerprint density at radius 1 is 1.29 bits per heavy atom. The summed E-state index contributed by atoms with van der Waals surface area (Å²) in [5.74, 6) is 0. The van der Waals surface area contributed by atoms with Crippen LogP contribution in [0.15, 0.2) is 6.20 Å². The van der Waals surface area contributed by atoms with Gasteiger partial charge >= 0.3 is 0 Å². The second-order valence-corrected chi connectivity index (χ2v) is 4.79. The molecular weight excluding hydrogens is 212 g/mol. The summed E-state index contributed by atoms with van der Waals surface area (Å²) in [6, 6.07) is 2.32. The van der Waals surface area contributed by atoms with Crippen molar-refractivity contribution >= 4 is 0 Å². The smallest absolute Gasteiger partial charge is 0.127 e. The maximum Gasteiger partial charge on any atom is 0.127 e. The third-order valence-corrected chi connectivity index (χ3v) is 3.70. The van der Waals surface area contributed by atoms with Gasteiger partial charge in [0.2, 0.25) is 0 Å². The predicted octanol–water partition coefficient (Wildman–Crippen LogP) is 2.17. The summed E-state index contributed by atoms with van der Waals surface area (Å²) in [6.45, 7) is 4.10. The average Bonchev–Trinajstić information content (AvgIpc) is 2.59. The van der Waals surface area contributed by atoms with E-state index in [0.717, 1.165) is 24.3 Å². The molecule has 0 aromatic carbocycles. The SMILES string of the molecule is Cc1c(C(C#N)N2CCCCCC2)cnn1C. The van der Waals surface area contributed by atoms with Crippen LogP contribution in [-0.4, -0.2) is 27.8 Å². The molecule has 0 spiro atoms. The highest BCUT2D eigenvalue weighted by atomic mass is 15.3. The second-order valence-electron chi connectivity index (χ2n) is 4.79. The van der Waals surface area contributed by atoms with E-state index in [1.165, 1.54) is 25.7 Å². The van der Waals surface area contributed by atoms with Crippen LogP contribution in [0.1, 0.15) is 43.0 Å². The van der Waals surface area contributed by atoms with Crippen LogP contribution in [0.25, 0.3) is 0 Å². The van der Waals surface area contributed by atoms with Crippen molar-refractivity contribution in [3.05, 3.63) is 17.5 Å². The molecule has 0 saturated carbocycles. The zero-order valence-corrected chi connectivity index (χ0v) is 10.7. The van der Waals surface area contributed by atoms with E-state index < -0.39 is 0 Å². The topological polar surface area (TPSA) is 44.9 Å². The highest BCUT2D eigenvalue weighted by Crippen LogP contribution is 2.25. The lowest BCUT2D eigenvalue weighted by molar-refractivity contribution is 0.245. The maximum absolute atomic E-state index is 9.43. The molecule has 1 fully saturated rings. The Hall–Kier alpha value is -1.34. The van der Waals surface area contributed by atoms with Crippen LogP contribution in [0.4, 0.5) is 0 Å². The first-order chi connectivity index (χ1) is 8.24. The lowest BCUT2D eigenvalue weighted by atomic mass is 10.1. The van der Waals surface area contributed by atoms with Gasteiger partial charge in [-0.05, 0) is 32.9 Å². The molecule has 1 unspecified atom stereocenters. The highest BCUT2D eigenvalue weighted by Gasteiger charge is 2.24. The molecule has 17 heavy (non-hydrogen) atoms. The Balaban J connectivity index is 2.21. The number of rotatable bonds is 2. The van der Waals surface area contributed by atoms with Crippen LogP contribution in [-0.2, 0) is 7.05 Å². The van der Waals surface area contributed by atoms with Gasteiger partial charge in [-0.15, -0.1) is 0 Å². The van der Waals surface area contributed by atoms with E-state index in [4.69, 9.17) is 0 Å². The quantitative estimate of drug-likeness (QED) is 0.785. The fraction of sp³-hybridized carbons (Fsp3) is 0.692. The van der Waals surface area contributed by atoms with Crippen molar-refractivity contribution in [1.82, 2.24) is 14.7 Å². The van der Waals surface area contributed by atoms with E-state index in [1.54, 1.807) is 0 Å². The van der Waals surface area contributed by atoms with Crippen molar-refractivity contribution in [1.29, 1.82) is 5.26 Å². The Bertz CT molecular complexity index is 408. The molecule has 1 aliphatic heterocycles. The molecular formula is C13H20N4. The summed E-state index contributed by atoms with van der Waals surface area (Å²) in [4.78, 5) is 2.30. The molecule has 4 heteroatoms. The van der Waals surface area contributed by atoms with E-state index >= 15 is 0 Å². The first-order valence-corrected chi connectivity index (χ1v) is 6.36. The third kappa shape index (κ3) is 2.50. The molecule has 1 saturated heterocycles. The number of aromatic nitrogens is 2. The molecule has 2 rings (SSSR count). The fourth-order valence-electron chi connectivity index (χ4n) is 2.49. The van der Waals surface area contributed by atoms with Gasteiger partial charge in [0.25, 0.3) is 0 Å². The van der Waals surface area contributed by atoms with E-state index in [9.17, 15) is 5.26 Å². The molecule has 0 aliphatic carbocycles. The van der Waals surface area contributed by atoms with Gasteiger partial charge in [-0.2, -0.15) is 10.4 Å². The normalized spacial score (nSPS) is 19.6. The molecule has 1 atom stereocenters. The summed E-state index contributed by atoms with van der Waals surface area (Å²) < 4.78 is 1.84. The molecule has 1 aliphatic rings. The van der Waals surface area contributed by atoms with Crippen LogP contribution >= 0.6 is 0 Å². The predicted molar refractivity (Wildman–Crippen MR) is 66.3 cm³/mol. The lowest BCUT2D eigenvalue weighted by Crippen LogP contribution is -2.29. The molecule has 0 N–H and O–H groups in total. The first-order valence-electron chi connectivity index (χ1n) is 6.36. The van der Waals surface area contributed by atoms with E-state index in [-0.39, 0.29) is 6.04 Å². The minimum Gasteiger partial charge on any atom is -0.284 e. The van der Waals surface area contributed by atoms with Gasteiger partial charge in [-0.25, -0.2) is 0 Å². The Labute approximate surface area is 103 Å². The number of hydrogen-bond donors (Lipinski definition) is 0. The van der Waals surface area contributed by atoms with Gasteiger partial charge in [-0.1, -0.05) is 12.8 Å². The summed E-state index contributed by atoms with van der Waals surface area (Å²) in [7, 11) is 1.93. The number of likely N-dealkylation sites (tertiary alicyclic amines) is 1. The van der Waals surface area contributed by atoms with Crippen molar-refractivity contribution in [3.8, 4) is 6.07 Å². The highest BCUT2D eigenvalue weighted by molar-refractivity contribution is 5.25. The monoisotopic (exact) mass is 232 g/mol. The van der Waals surface area contributed by atoms with Crippen LogP contribution in [0.5, 0.6) is 0 Å². The van der Waals surface area contributed by atoms with Crippen molar-refractivity contribution in [2.75, 3.05) is 13.1 Å². The van der Waals surface area contributed by atoms with Crippen molar-refractivity contribution < 1.29 is 0 Å². The van der Waals surface area contributed by atoms with Gasteiger partial charge in [-0.3, -0.25) is 9.58 Å². The molecule has 0 bridgehead atoms. The first kappa shape index (κ1) is 12.1. The van der Waals surface area contributed by atoms with Crippen LogP contribution in [0.3, 0.4) is 0 Å². The standard InChI is InChI=1S/C13H20N4/c1-11-12(10-15-16(11)2)13(9-14)17-7-5-3-4-6-8-17/h10,13H,3-8H2,1-2H3. The van der Waals surface area contributed by atoms with Crippen molar-refractivity contribution in [2.45, 2.75) is 38.6 Å². The lowest BCUT2D eigenvalue weighted by Gasteiger charge is -2.25. The van der Waals surface area contributed by atoms with Gasteiger partial charge in [0.15, 0.2) is 0 Å². The zero-order valence-electron chi connectivity index (χ0n) is 10.7. The van der Waals surface area contributed by atoms with Gasteiger partial charge < -0.3 is 0 Å². The Morgan fingerprint density at radius 2 is 1.94 bits per heavy atom. The van der Waals surface area contributed by atoms with Crippen LogP contribution in [0, 0.1) is 18.3 Å². The summed E-state index contributed by atoms with van der Waals surface area (Å²) in [5, 5.41) is 13.7. The van der Waals surface area contributed by atoms with Crippen LogP contribution in [0.2, 0.25) is 0 Å². The molecule has 1 aromatic heterocycles. The second kappa shape index (κ2) is 5.33. The van der Waals surface area contributed by atoms with Gasteiger partial charge in [0.1, 0.15) is 6.04 Å². The molecule has 92 valence electrons. The number of aryl methyl sites for hydroxylation is 1. The third-order valence-electron chi connectivity index (χ3n) is 3.70. The minimum absolute atomic E-state index is 0.123. The Kier molecular flexibility index (Phi) is 3.80. The van der Waals surface area contributed by atoms with Crippen molar-refractivity contribution in [3.63, 3.8) is 0 Å². The average molecular weight is 232 g/mol. The summed E-state index contributed by atoms with van der Waals surface area (Å²) in [5.41, 5.74) is 2.16. The minimum atomic E-state index is -0.123. The largest absolute Gasteiger partial charge is 0.284 e. The number of nitriles is 1. The number of hydrogen-bond acceptors (Lipinski definition) is 3. The van der Waals surface area contributed by atoms with Gasteiger partial charge in [0.05, 0.1) is 12.3 Å². The summed E-state index contributed by atoms with van der Waals surface area (Å²) >= 11 is 0. The van der Waals surface area contributed by atoms with E-state index in [2.05, 4.69) is 16.1 Å². The molecule has 4 nitrogen and oxygen atoms in total. The molecule has 0 radical (unpaired) electrons. The zero-order chi connectivity index (χ0) is 12.3. The number of nitrogens with zero attached hydrogens (tertiary/aromatic N) is 4. The maximum atomic E-state index is 9.43. The van der Waals surface area contributed by atoms with Gasteiger partial charge in [0, 0.05) is 18.3 Å². The summed E-state index contributed by atoms with van der Waals surface area (Å²) in [6.07, 6.45) is 6.84. The van der Waals surface area contributed by atoms with Crippen molar-refractivity contribution in [2.24, 2.45) is 7.05 Å². The fourth-order valence-corrected chi connectivity index (χ4v) is 2.49. The van der Waals surface area contributed by atoms with Crippen LogP contribution < -0.4 is 0 Å². The molecule has 0 amide bonds. The van der Waals surface area contributed by atoms with E-state index in [1.807, 2.05) is 24.9 Å². The molecule has 1 aromatic rings.